The lowest BCUT2D eigenvalue weighted by atomic mass is 10.1. The number of hydrogen-bond acceptors (Lipinski definition) is 4. The Hall–Kier alpha value is -0.530. The van der Waals surface area contributed by atoms with Crippen LogP contribution in [0, 0.1) is 5.92 Å². The van der Waals surface area contributed by atoms with Gasteiger partial charge in [0, 0.05) is 36.9 Å². The predicted molar refractivity (Wildman–Crippen MR) is 102 cm³/mol. The molecule has 0 aromatic heterocycles. The summed E-state index contributed by atoms with van der Waals surface area (Å²) in [5.41, 5.74) is 6.91. The molecule has 2 unspecified atom stereocenters. The number of nitrogens with two attached hydrogens (primary N) is 1. The summed E-state index contributed by atoms with van der Waals surface area (Å²) >= 11 is 3.50. The highest BCUT2D eigenvalue weighted by atomic mass is 79.9. The second-order valence-electron chi connectivity index (χ2n) is 5.39. The van der Waals surface area contributed by atoms with Gasteiger partial charge in [-0.25, -0.2) is 0 Å². The van der Waals surface area contributed by atoms with Crippen LogP contribution in [0.5, 0.6) is 0 Å². The summed E-state index contributed by atoms with van der Waals surface area (Å²) in [5.74, 6) is 0.320. The van der Waals surface area contributed by atoms with Crippen LogP contribution in [0.3, 0.4) is 0 Å². The number of anilines is 1. The Balaban J connectivity index is 0.00000242. The van der Waals surface area contributed by atoms with Crippen molar-refractivity contribution < 1.29 is 9.53 Å². The number of benzene rings is 1. The molecule has 1 fully saturated rings. The van der Waals surface area contributed by atoms with Crippen molar-refractivity contribution in [1.82, 2.24) is 5.32 Å². The van der Waals surface area contributed by atoms with Crippen LogP contribution in [0.2, 0.25) is 0 Å². The predicted octanol–water partition coefficient (Wildman–Crippen LogP) is 2.21. The van der Waals surface area contributed by atoms with Crippen molar-refractivity contribution in [2.24, 2.45) is 11.7 Å². The van der Waals surface area contributed by atoms with Gasteiger partial charge in [0.15, 0.2) is 0 Å². The van der Waals surface area contributed by atoms with E-state index < -0.39 is 6.04 Å². The topological polar surface area (TPSA) is 67.6 Å². The average molecular weight is 429 g/mol. The highest BCUT2D eigenvalue weighted by Gasteiger charge is 2.24. The Bertz CT molecular complexity index is 494. The smallest absolute Gasteiger partial charge is 0.239 e. The maximum atomic E-state index is 11.7. The molecule has 0 spiro atoms. The number of carbonyl (C=O) groups is 1. The molecule has 3 N–H and O–H groups in total. The van der Waals surface area contributed by atoms with E-state index in [4.69, 9.17) is 10.5 Å². The van der Waals surface area contributed by atoms with Crippen LogP contribution in [0.4, 0.5) is 5.69 Å². The largest absolute Gasteiger partial charge is 0.383 e. The molecule has 1 heterocycles. The van der Waals surface area contributed by atoms with Gasteiger partial charge in [0.2, 0.25) is 5.91 Å². The lowest BCUT2D eigenvalue weighted by Crippen LogP contribution is -2.45. The molecular formula is C15H24BrCl2N3O2. The zero-order valence-electron chi connectivity index (χ0n) is 13.0. The molecule has 1 amide bonds. The highest BCUT2D eigenvalue weighted by Crippen LogP contribution is 2.25. The SMILES string of the molecule is COCC(N)C(=O)NCC1CCN(c2cccc(Br)c2)C1.Cl.Cl. The van der Waals surface area contributed by atoms with Gasteiger partial charge in [0.25, 0.3) is 0 Å². The summed E-state index contributed by atoms with van der Waals surface area (Å²) in [6, 6.07) is 7.71. The molecule has 2 rings (SSSR count). The second-order valence-corrected chi connectivity index (χ2v) is 6.30. The number of halogens is 3. The summed E-state index contributed by atoms with van der Waals surface area (Å²) in [4.78, 5) is 14.1. The van der Waals surface area contributed by atoms with Crippen molar-refractivity contribution in [3.8, 4) is 0 Å². The minimum atomic E-state index is -0.586. The van der Waals surface area contributed by atoms with E-state index in [-0.39, 0.29) is 37.3 Å². The number of hydrogen-bond donors (Lipinski definition) is 2. The molecule has 1 aromatic rings. The number of nitrogens with zero attached hydrogens (tertiary/aromatic N) is 1. The number of rotatable bonds is 6. The van der Waals surface area contributed by atoms with E-state index in [1.165, 1.54) is 5.69 Å². The highest BCUT2D eigenvalue weighted by molar-refractivity contribution is 9.10. The number of amides is 1. The third kappa shape index (κ3) is 6.85. The van der Waals surface area contributed by atoms with Gasteiger partial charge in [-0.05, 0) is 30.5 Å². The number of carbonyl (C=O) groups excluding carboxylic acids is 1. The fourth-order valence-corrected chi connectivity index (χ4v) is 2.93. The Morgan fingerprint density at radius 3 is 2.91 bits per heavy atom. The molecule has 8 heteroatoms. The molecule has 5 nitrogen and oxygen atoms in total. The van der Waals surface area contributed by atoms with Gasteiger partial charge in [0.05, 0.1) is 6.61 Å². The van der Waals surface area contributed by atoms with Crippen LogP contribution in [0.25, 0.3) is 0 Å². The molecule has 132 valence electrons. The van der Waals surface area contributed by atoms with E-state index in [0.29, 0.717) is 12.5 Å². The molecule has 1 aliphatic heterocycles. The van der Waals surface area contributed by atoms with Gasteiger partial charge < -0.3 is 20.7 Å². The number of ether oxygens (including phenoxy) is 1. The Morgan fingerprint density at radius 2 is 2.26 bits per heavy atom. The van der Waals surface area contributed by atoms with E-state index in [1.54, 1.807) is 7.11 Å². The van der Waals surface area contributed by atoms with Gasteiger partial charge in [0.1, 0.15) is 6.04 Å². The second kappa shape index (κ2) is 11.1. The van der Waals surface area contributed by atoms with Gasteiger partial charge in [-0.15, -0.1) is 24.8 Å². The monoisotopic (exact) mass is 427 g/mol. The Labute approximate surface area is 158 Å². The van der Waals surface area contributed by atoms with Crippen molar-refractivity contribution in [2.75, 3.05) is 38.3 Å². The minimum absolute atomic E-state index is 0. The van der Waals surface area contributed by atoms with Gasteiger partial charge in [-0.2, -0.15) is 0 Å². The van der Waals surface area contributed by atoms with Crippen molar-refractivity contribution in [2.45, 2.75) is 12.5 Å². The van der Waals surface area contributed by atoms with Crippen LogP contribution in [0.1, 0.15) is 6.42 Å². The van der Waals surface area contributed by atoms with Crippen molar-refractivity contribution >= 4 is 52.3 Å². The lowest BCUT2D eigenvalue weighted by Gasteiger charge is -2.19. The fraction of sp³-hybridized carbons (Fsp3) is 0.533. The third-order valence-corrected chi connectivity index (χ3v) is 4.20. The van der Waals surface area contributed by atoms with E-state index in [9.17, 15) is 4.79 Å². The van der Waals surface area contributed by atoms with Crippen molar-refractivity contribution in [3.63, 3.8) is 0 Å². The van der Waals surface area contributed by atoms with E-state index in [1.807, 2.05) is 12.1 Å². The van der Waals surface area contributed by atoms with E-state index >= 15 is 0 Å². The molecular weight excluding hydrogens is 405 g/mol. The lowest BCUT2D eigenvalue weighted by molar-refractivity contribution is -0.123. The first kappa shape index (κ1) is 22.5. The summed E-state index contributed by atoms with van der Waals surface area (Å²) in [5, 5.41) is 2.91. The van der Waals surface area contributed by atoms with Crippen LogP contribution >= 0.6 is 40.7 Å². The van der Waals surface area contributed by atoms with Gasteiger partial charge >= 0.3 is 0 Å². The molecule has 0 saturated carbocycles. The summed E-state index contributed by atoms with van der Waals surface area (Å²) in [7, 11) is 1.54. The van der Waals surface area contributed by atoms with Gasteiger partial charge in [-0.3, -0.25) is 4.79 Å². The van der Waals surface area contributed by atoms with Crippen LogP contribution in [0.15, 0.2) is 28.7 Å². The van der Waals surface area contributed by atoms with Gasteiger partial charge in [-0.1, -0.05) is 22.0 Å². The standard InChI is InChI=1S/C15H22BrN3O2.2ClH/c1-21-10-14(17)15(20)18-8-11-5-6-19(9-11)13-4-2-3-12(16)7-13;;/h2-4,7,11,14H,5-6,8-10,17H2,1H3,(H,18,20);2*1H. The maximum Gasteiger partial charge on any atom is 0.239 e. The van der Waals surface area contributed by atoms with Crippen LogP contribution < -0.4 is 16.0 Å². The summed E-state index contributed by atoms with van der Waals surface area (Å²) in [6.07, 6.45) is 1.08. The average Bonchev–Trinajstić information content (AvgIpc) is 2.94. The number of methoxy groups -OCH3 is 1. The quantitative estimate of drug-likeness (QED) is 0.728. The summed E-state index contributed by atoms with van der Waals surface area (Å²) < 4.78 is 5.97. The molecule has 0 radical (unpaired) electrons. The van der Waals surface area contributed by atoms with Crippen molar-refractivity contribution in [3.05, 3.63) is 28.7 Å². The Morgan fingerprint density at radius 1 is 1.52 bits per heavy atom. The maximum absolute atomic E-state index is 11.7. The molecule has 1 saturated heterocycles. The number of nitrogens with one attached hydrogen (secondary N) is 1. The molecule has 0 bridgehead atoms. The minimum Gasteiger partial charge on any atom is -0.383 e. The van der Waals surface area contributed by atoms with Crippen LogP contribution in [-0.2, 0) is 9.53 Å². The van der Waals surface area contributed by atoms with Crippen LogP contribution in [-0.4, -0.2) is 45.3 Å². The van der Waals surface area contributed by atoms with Crippen molar-refractivity contribution in [1.29, 1.82) is 0 Å². The first-order chi connectivity index (χ1) is 10.1. The summed E-state index contributed by atoms with van der Waals surface area (Å²) in [6.45, 7) is 2.89. The fourth-order valence-electron chi connectivity index (χ4n) is 2.54. The van der Waals surface area contributed by atoms with E-state index in [0.717, 1.165) is 24.0 Å². The first-order valence-electron chi connectivity index (χ1n) is 7.13. The third-order valence-electron chi connectivity index (χ3n) is 3.71. The first-order valence-corrected chi connectivity index (χ1v) is 7.92. The Kier molecular flexibility index (Phi) is 10.8. The zero-order valence-corrected chi connectivity index (χ0v) is 16.3. The molecule has 23 heavy (non-hydrogen) atoms. The molecule has 2 atom stereocenters. The molecule has 0 aliphatic carbocycles. The normalized spacial score (nSPS) is 17.9. The zero-order chi connectivity index (χ0) is 15.2. The molecule has 1 aromatic carbocycles. The van der Waals surface area contributed by atoms with E-state index in [2.05, 4.69) is 38.3 Å². The molecule has 1 aliphatic rings.